The number of hydrogen-bond donors (Lipinski definition) is 2. The Balaban J connectivity index is 1.28. The fourth-order valence-electron chi connectivity index (χ4n) is 4.48. The Bertz CT molecular complexity index is 1800. The number of pyridine rings is 1. The standard InChI is InChI=1S/C32H25N5O/c1-32(38,26-8-5-16-33-20-26)15-13-23-9-11-29-28(18-23)31(35-22-34-29)36-27-10-12-30-25(19-27)14-17-37(30)21-24-6-3-2-4-7-24/h2-12,14,16-20,22,38H,21H2,1H3,(H,34,35,36). The zero-order chi connectivity index (χ0) is 26.0. The van der Waals surface area contributed by atoms with Crippen molar-refractivity contribution >= 4 is 33.3 Å². The second kappa shape index (κ2) is 9.81. The van der Waals surface area contributed by atoms with Gasteiger partial charge in [0.2, 0.25) is 0 Å². The molecule has 0 saturated carbocycles. The van der Waals surface area contributed by atoms with Crippen LogP contribution in [0.2, 0.25) is 0 Å². The number of nitrogens with one attached hydrogen (secondary N) is 1. The van der Waals surface area contributed by atoms with Gasteiger partial charge in [0.15, 0.2) is 0 Å². The van der Waals surface area contributed by atoms with E-state index in [1.165, 1.54) is 11.1 Å². The predicted molar refractivity (Wildman–Crippen MR) is 151 cm³/mol. The molecule has 2 N–H and O–H groups in total. The first kappa shape index (κ1) is 23.4. The molecule has 3 heterocycles. The van der Waals surface area contributed by atoms with Crippen LogP contribution in [0.3, 0.4) is 0 Å². The van der Waals surface area contributed by atoms with Crippen LogP contribution in [0.5, 0.6) is 0 Å². The van der Waals surface area contributed by atoms with Gasteiger partial charge in [-0.15, -0.1) is 0 Å². The molecule has 0 radical (unpaired) electrons. The topological polar surface area (TPSA) is 75.9 Å². The molecular weight excluding hydrogens is 470 g/mol. The molecule has 3 aromatic heterocycles. The lowest BCUT2D eigenvalue weighted by Gasteiger charge is -2.15. The summed E-state index contributed by atoms with van der Waals surface area (Å²) in [4.78, 5) is 13.0. The number of fused-ring (bicyclic) bond motifs is 2. The maximum Gasteiger partial charge on any atom is 0.150 e. The summed E-state index contributed by atoms with van der Waals surface area (Å²) < 4.78 is 2.25. The number of hydrogen-bond acceptors (Lipinski definition) is 5. The first-order chi connectivity index (χ1) is 18.5. The minimum Gasteiger partial charge on any atom is -0.374 e. The molecule has 0 amide bonds. The van der Waals surface area contributed by atoms with E-state index in [4.69, 9.17) is 0 Å². The van der Waals surface area contributed by atoms with Crippen molar-refractivity contribution in [2.24, 2.45) is 0 Å². The summed E-state index contributed by atoms with van der Waals surface area (Å²) in [6.07, 6.45) is 6.96. The third kappa shape index (κ3) is 4.83. The zero-order valence-corrected chi connectivity index (χ0v) is 20.8. The van der Waals surface area contributed by atoms with Crippen molar-refractivity contribution in [1.82, 2.24) is 19.5 Å². The number of anilines is 2. The molecule has 0 bridgehead atoms. The summed E-state index contributed by atoms with van der Waals surface area (Å²) in [6.45, 7) is 2.49. The molecule has 1 unspecified atom stereocenters. The molecule has 6 heteroatoms. The van der Waals surface area contributed by atoms with Gasteiger partial charge in [0.25, 0.3) is 0 Å². The van der Waals surface area contributed by atoms with Crippen LogP contribution in [-0.2, 0) is 12.1 Å². The molecule has 6 rings (SSSR count). The minimum atomic E-state index is -1.32. The fraction of sp³-hybridized carbons (Fsp3) is 0.0938. The maximum absolute atomic E-state index is 10.8. The Morgan fingerprint density at radius 2 is 1.84 bits per heavy atom. The number of nitrogens with zero attached hydrogens (tertiary/aromatic N) is 4. The Hall–Kier alpha value is -4.99. The van der Waals surface area contributed by atoms with Crippen LogP contribution in [0.15, 0.2) is 110 Å². The molecule has 0 aliphatic rings. The van der Waals surface area contributed by atoms with Crippen molar-refractivity contribution in [1.29, 1.82) is 0 Å². The van der Waals surface area contributed by atoms with Crippen LogP contribution in [0.1, 0.15) is 23.6 Å². The van der Waals surface area contributed by atoms with Gasteiger partial charge in [-0.05, 0) is 61.0 Å². The molecular formula is C32H25N5O. The lowest BCUT2D eigenvalue weighted by atomic mass is 9.98. The van der Waals surface area contributed by atoms with Crippen LogP contribution in [0.25, 0.3) is 21.8 Å². The molecule has 0 aliphatic carbocycles. The molecule has 6 aromatic rings. The lowest BCUT2D eigenvalue weighted by molar-refractivity contribution is 0.122. The normalized spacial score (nSPS) is 12.6. The zero-order valence-electron chi connectivity index (χ0n) is 20.8. The first-order valence-electron chi connectivity index (χ1n) is 12.4. The van der Waals surface area contributed by atoms with Crippen molar-refractivity contribution < 1.29 is 5.11 Å². The third-order valence-corrected chi connectivity index (χ3v) is 6.54. The lowest BCUT2D eigenvalue weighted by Crippen LogP contribution is -2.18. The van der Waals surface area contributed by atoms with E-state index in [0.717, 1.165) is 34.1 Å². The van der Waals surface area contributed by atoms with Gasteiger partial charge in [0.1, 0.15) is 17.7 Å². The highest BCUT2D eigenvalue weighted by Crippen LogP contribution is 2.27. The highest BCUT2D eigenvalue weighted by atomic mass is 16.3. The Labute approximate surface area is 220 Å². The maximum atomic E-state index is 10.8. The smallest absolute Gasteiger partial charge is 0.150 e. The van der Waals surface area contributed by atoms with E-state index in [0.29, 0.717) is 11.4 Å². The summed E-state index contributed by atoms with van der Waals surface area (Å²) in [6, 6.07) is 28.2. The Kier molecular flexibility index (Phi) is 6.04. The van der Waals surface area contributed by atoms with Gasteiger partial charge in [0, 0.05) is 58.2 Å². The largest absolute Gasteiger partial charge is 0.374 e. The average molecular weight is 496 g/mol. The van der Waals surface area contributed by atoms with Crippen LogP contribution in [0.4, 0.5) is 11.5 Å². The van der Waals surface area contributed by atoms with Gasteiger partial charge in [0.05, 0.1) is 5.52 Å². The van der Waals surface area contributed by atoms with E-state index in [-0.39, 0.29) is 0 Å². The Morgan fingerprint density at radius 3 is 2.68 bits per heavy atom. The molecule has 6 nitrogen and oxygen atoms in total. The number of benzene rings is 3. The molecule has 184 valence electrons. The average Bonchev–Trinajstić information content (AvgIpc) is 3.35. The van der Waals surface area contributed by atoms with Gasteiger partial charge >= 0.3 is 0 Å². The van der Waals surface area contributed by atoms with E-state index < -0.39 is 5.60 Å². The number of aliphatic hydroxyl groups is 1. The highest BCUT2D eigenvalue weighted by Gasteiger charge is 2.19. The number of aromatic nitrogens is 4. The van der Waals surface area contributed by atoms with Crippen LogP contribution >= 0.6 is 0 Å². The SMILES string of the molecule is CC(O)(C#Cc1ccc2ncnc(Nc3ccc4c(ccn4Cc4ccccc4)c3)c2c1)c1cccnc1. The van der Waals surface area contributed by atoms with Crippen molar-refractivity contribution in [3.8, 4) is 11.8 Å². The fourth-order valence-corrected chi connectivity index (χ4v) is 4.48. The van der Waals surface area contributed by atoms with E-state index in [1.54, 1.807) is 31.7 Å². The van der Waals surface area contributed by atoms with Gasteiger partial charge in [-0.3, -0.25) is 4.98 Å². The molecule has 38 heavy (non-hydrogen) atoms. The van der Waals surface area contributed by atoms with Gasteiger partial charge < -0.3 is 15.0 Å². The van der Waals surface area contributed by atoms with Crippen molar-refractivity contribution in [2.45, 2.75) is 19.1 Å². The van der Waals surface area contributed by atoms with E-state index in [1.807, 2.05) is 30.3 Å². The van der Waals surface area contributed by atoms with Crippen LogP contribution < -0.4 is 5.32 Å². The summed E-state index contributed by atoms with van der Waals surface area (Å²) in [5.74, 6) is 6.76. The van der Waals surface area contributed by atoms with Crippen LogP contribution in [0, 0.1) is 11.8 Å². The molecule has 0 spiro atoms. The van der Waals surface area contributed by atoms with Crippen molar-refractivity contribution in [2.75, 3.05) is 5.32 Å². The van der Waals surface area contributed by atoms with Crippen LogP contribution in [-0.4, -0.2) is 24.6 Å². The van der Waals surface area contributed by atoms with Gasteiger partial charge in [-0.2, -0.15) is 0 Å². The summed E-state index contributed by atoms with van der Waals surface area (Å²) in [5.41, 5.74) is 4.27. The molecule has 0 saturated heterocycles. The number of rotatable bonds is 5. The summed E-state index contributed by atoms with van der Waals surface area (Å²) in [7, 11) is 0. The quantitative estimate of drug-likeness (QED) is 0.286. The van der Waals surface area contributed by atoms with Gasteiger partial charge in [-0.1, -0.05) is 48.2 Å². The van der Waals surface area contributed by atoms with Crippen molar-refractivity contribution in [3.63, 3.8) is 0 Å². The summed E-state index contributed by atoms with van der Waals surface area (Å²) >= 11 is 0. The molecule has 0 aliphatic heterocycles. The monoisotopic (exact) mass is 495 g/mol. The van der Waals surface area contributed by atoms with E-state index in [2.05, 4.69) is 91.4 Å². The van der Waals surface area contributed by atoms with Gasteiger partial charge in [-0.25, -0.2) is 9.97 Å². The minimum absolute atomic E-state index is 0.645. The first-order valence-corrected chi connectivity index (χ1v) is 12.4. The Morgan fingerprint density at radius 1 is 0.947 bits per heavy atom. The second-order valence-corrected chi connectivity index (χ2v) is 9.35. The third-order valence-electron chi connectivity index (χ3n) is 6.54. The van der Waals surface area contributed by atoms with E-state index >= 15 is 0 Å². The highest BCUT2D eigenvalue weighted by molar-refractivity contribution is 5.93. The molecule has 0 fully saturated rings. The molecule has 3 aromatic carbocycles. The van der Waals surface area contributed by atoms with E-state index in [9.17, 15) is 5.11 Å². The molecule has 1 atom stereocenters. The second-order valence-electron chi connectivity index (χ2n) is 9.35. The van der Waals surface area contributed by atoms with Crippen molar-refractivity contribution in [3.05, 3.63) is 127 Å². The summed E-state index contributed by atoms with van der Waals surface area (Å²) in [5, 5.41) is 16.3. The predicted octanol–water partition coefficient (Wildman–Crippen LogP) is 6.03.